The third kappa shape index (κ3) is 4.20. The zero-order valence-electron chi connectivity index (χ0n) is 10.9. The number of aliphatic hydroxyl groups excluding tert-OH is 2. The summed E-state index contributed by atoms with van der Waals surface area (Å²) in [4.78, 5) is 3.27. The molecule has 4 nitrogen and oxygen atoms in total. The SMILES string of the molecule is COc1sc(CN(C)CC(C)(CO)CO)cc1Br. The van der Waals surface area contributed by atoms with Gasteiger partial charge in [-0.05, 0) is 29.0 Å². The molecule has 0 spiro atoms. The van der Waals surface area contributed by atoms with Crippen molar-refractivity contribution in [3.05, 3.63) is 15.4 Å². The molecular formula is C12H20BrNO3S. The van der Waals surface area contributed by atoms with Crippen molar-refractivity contribution in [1.29, 1.82) is 0 Å². The fraction of sp³-hybridized carbons (Fsp3) is 0.667. The van der Waals surface area contributed by atoms with Crippen LogP contribution in [0, 0.1) is 5.41 Å². The Morgan fingerprint density at radius 1 is 1.44 bits per heavy atom. The topological polar surface area (TPSA) is 52.9 Å². The molecule has 1 heterocycles. The predicted octanol–water partition coefficient (Wildman–Crippen LogP) is 1.94. The van der Waals surface area contributed by atoms with Crippen LogP contribution in [0.4, 0.5) is 0 Å². The standard InChI is InChI=1S/C12H20BrNO3S/c1-12(7-15,8-16)6-14(2)5-9-4-10(13)11(17-3)18-9/h4,15-16H,5-8H2,1-3H3. The molecule has 0 atom stereocenters. The van der Waals surface area contributed by atoms with Gasteiger partial charge in [-0.15, -0.1) is 11.3 Å². The highest BCUT2D eigenvalue weighted by atomic mass is 79.9. The Morgan fingerprint density at radius 2 is 2.06 bits per heavy atom. The van der Waals surface area contributed by atoms with Gasteiger partial charge in [-0.3, -0.25) is 0 Å². The molecule has 0 radical (unpaired) electrons. The maximum Gasteiger partial charge on any atom is 0.188 e. The third-order valence-electron chi connectivity index (χ3n) is 2.73. The average Bonchev–Trinajstić information content (AvgIpc) is 2.68. The van der Waals surface area contributed by atoms with Crippen molar-refractivity contribution in [1.82, 2.24) is 4.90 Å². The summed E-state index contributed by atoms with van der Waals surface area (Å²) in [7, 11) is 3.63. The fourth-order valence-corrected chi connectivity index (χ4v) is 3.51. The highest BCUT2D eigenvalue weighted by Crippen LogP contribution is 2.35. The number of thiophene rings is 1. The number of ether oxygens (including phenoxy) is 1. The van der Waals surface area contributed by atoms with Crippen molar-refractivity contribution >= 4 is 27.3 Å². The van der Waals surface area contributed by atoms with E-state index in [9.17, 15) is 10.2 Å². The second-order valence-electron chi connectivity index (χ2n) is 4.85. The lowest BCUT2D eigenvalue weighted by molar-refractivity contribution is 0.0404. The zero-order valence-corrected chi connectivity index (χ0v) is 13.3. The van der Waals surface area contributed by atoms with Gasteiger partial charge in [0.2, 0.25) is 0 Å². The monoisotopic (exact) mass is 337 g/mol. The van der Waals surface area contributed by atoms with Gasteiger partial charge in [0.05, 0.1) is 24.8 Å². The normalized spacial score (nSPS) is 12.2. The molecular weight excluding hydrogens is 318 g/mol. The zero-order chi connectivity index (χ0) is 13.8. The second-order valence-corrected chi connectivity index (χ2v) is 6.81. The van der Waals surface area contributed by atoms with Gasteiger partial charge in [0.25, 0.3) is 0 Å². The minimum Gasteiger partial charge on any atom is -0.486 e. The maximum atomic E-state index is 9.27. The Labute approximate surface area is 120 Å². The molecule has 104 valence electrons. The van der Waals surface area contributed by atoms with E-state index in [0.29, 0.717) is 6.54 Å². The van der Waals surface area contributed by atoms with E-state index in [1.54, 1.807) is 18.4 Å². The highest BCUT2D eigenvalue weighted by molar-refractivity contribution is 9.10. The number of hydrogen-bond donors (Lipinski definition) is 2. The Balaban J connectivity index is 2.61. The lowest BCUT2D eigenvalue weighted by atomic mass is 9.92. The van der Waals surface area contributed by atoms with E-state index in [4.69, 9.17) is 4.74 Å². The number of halogens is 1. The van der Waals surface area contributed by atoms with Gasteiger partial charge in [-0.1, -0.05) is 6.92 Å². The summed E-state index contributed by atoms with van der Waals surface area (Å²) in [5.74, 6) is 0. The lowest BCUT2D eigenvalue weighted by Crippen LogP contribution is -2.38. The molecule has 0 amide bonds. The molecule has 18 heavy (non-hydrogen) atoms. The third-order valence-corrected chi connectivity index (χ3v) is 4.67. The van der Waals surface area contributed by atoms with Crippen LogP contribution < -0.4 is 4.74 Å². The maximum absolute atomic E-state index is 9.27. The predicted molar refractivity (Wildman–Crippen MR) is 77.2 cm³/mol. The van der Waals surface area contributed by atoms with Crippen LogP contribution in [0.5, 0.6) is 5.06 Å². The lowest BCUT2D eigenvalue weighted by Gasteiger charge is -2.30. The van der Waals surface area contributed by atoms with Gasteiger partial charge in [0, 0.05) is 23.4 Å². The van der Waals surface area contributed by atoms with E-state index in [1.807, 2.05) is 20.0 Å². The summed E-state index contributed by atoms with van der Waals surface area (Å²) in [6, 6.07) is 2.04. The van der Waals surface area contributed by atoms with Crippen LogP contribution in [0.3, 0.4) is 0 Å². The van der Waals surface area contributed by atoms with E-state index >= 15 is 0 Å². The average molecular weight is 338 g/mol. The smallest absolute Gasteiger partial charge is 0.188 e. The van der Waals surface area contributed by atoms with Crippen LogP contribution in [0.1, 0.15) is 11.8 Å². The Morgan fingerprint density at radius 3 is 2.50 bits per heavy atom. The summed E-state index contributed by atoms with van der Waals surface area (Å²) in [6.07, 6.45) is 0. The molecule has 0 aliphatic carbocycles. The van der Waals surface area contributed by atoms with Crippen molar-refractivity contribution in [2.75, 3.05) is 33.9 Å². The van der Waals surface area contributed by atoms with Crippen LogP contribution in [-0.4, -0.2) is 49.0 Å². The summed E-state index contributed by atoms with van der Waals surface area (Å²) in [6.45, 7) is 3.23. The first-order chi connectivity index (χ1) is 8.44. The molecule has 1 aromatic heterocycles. The van der Waals surface area contributed by atoms with E-state index in [2.05, 4.69) is 20.8 Å². The first-order valence-electron chi connectivity index (χ1n) is 5.66. The minimum absolute atomic E-state index is 0.0225. The van der Waals surface area contributed by atoms with Crippen LogP contribution in [0.25, 0.3) is 0 Å². The molecule has 2 N–H and O–H groups in total. The second kappa shape index (κ2) is 6.86. The number of nitrogens with zero attached hydrogens (tertiary/aromatic N) is 1. The number of rotatable bonds is 7. The van der Waals surface area contributed by atoms with Gasteiger partial charge >= 0.3 is 0 Å². The van der Waals surface area contributed by atoms with Crippen molar-refractivity contribution in [3.8, 4) is 5.06 Å². The Bertz CT molecular complexity index is 379. The van der Waals surface area contributed by atoms with Gasteiger partial charge in [0.1, 0.15) is 0 Å². The van der Waals surface area contributed by atoms with Crippen molar-refractivity contribution < 1.29 is 14.9 Å². The molecule has 6 heteroatoms. The molecule has 0 saturated carbocycles. The number of hydrogen-bond acceptors (Lipinski definition) is 5. The van der Waals surface area contributed by atoms with Gasteiger partial charge in [0.15, 0.2) is 5.06 Å². The summed E-state index contributed by atoms with van der Waals surface area (Å²) in [5, 5.41) is 19.4. The molecule has 0 aliphatic rings. The molecule has 0 saturated heterocycles. The fourth-order valence-electron chi connectivity index (χ4n) is 1.74. The first kappa shape index (κ1) is 15.9. The molecule has 1 aromatic rings. The first-order valence-corrected chi connectivity index (χ1v) is 7.27. The van der Waals surface area contributed by atoms with Crippen LogP contribution in [0.15, 0.2) is 10.5 Å². The Kier molecular flexibility index (Phi) is 6.07. The molecule has 0 bridgehead atoms. The quantitative estimate of drug-likeness (QED) is 0.798. The molecule has 0 aliphatic heterocycles. The van der Waals surface area contributed by atoms with Gasteiger partial charge in [-0.2, -0.15) is 0 Å². The molecule has 0 unspecified atom stereocenters. The van der Waals surface area contributed by atoms with E-state index < -0.39 is 5.41 Å². The molecule has 0 fully saturated rings. The number of aliphatic hydroxyl groups is 2. The van der Waals surface area contributed by atoms with Gasteiger partial charge < -0.3 is 19.8 Å². The van der Waals surface area contributed by atoms with Crippen LogP contribution >= 0.6 is 27.3 Å². The Hall–Kier alpha value is -0.140. The van der Waals surface area contributed by atoms with Gasteiger partial charge in [-0.25, -0.2) is 0 Å². The highest BCUT2D eigenvalue weighted by Gasteiger charge is 2.24. The largest absolute Gasteiger partial charge is 0.486 e. The van der Waals surface area contributed by atoms with Crippen LogP contribution in [0.2, 0.25) is 0 Å². The molecule has 0 aromatic carbocycles. The van der Waals surface area contributed by atoms with Crippen molar-refractivity contribution in [3.63, 3.8) is 0 Å². The van der Waals surface area contributed by atoms with Crippen molar-refractivity contribution in [2.24, 2.45) is 5.41 Å². The van der Waals surface area contributed by atoms with E-state index in [1.165, 1.54) is 4.88 Å². The van der Waals surface area contributed by atoms with Crippen LogP contribution in [-0.2, 0) is 6.54 Å². The number of methoxy groups -OCH3 is 1. The summed E-state index contributed by atoms with van der Waals surface area (Å²) in [5.41, 5.74) is -0.465. The van der Waals surface area contributed by atoms with E-state index in [0.717, 1.165) is 16.1 Å². The molecule has 1 rings (SSSR count). The summed E-state index contributed by atoms with van der Waals surface area (Å²) >= 11 is 5.04. The summed E-state index contributed by atoms with van der Waals surface area (Å²) < 4.78 is 6.19. The van der Waals surface area contributed by atoms with E-state index in [-0.39, 0.29) is 13.2 Å². The minimum atomic E-state index is -0.465. The van der Waals surface area contributed by atoms with Crippen molar-refractivity contribution in [2.45, 2.75) is 13.5 Å².